The van der Waals surface area contributed by atoms with Crippen LogP contribution in [0.25, 0.3) is 10.9 Å². The van der Waals surface area contributed by atoms with E-state index in [-0.39, 0.29) is 12.0 Å². The predicted molar refractivity (Wildman–Crippen MR) is 96.6 cm³/mol. The number of anilines is 1. The Hall–Kier alpha value is -2.60. The normalized spacial score (nSPS) is 17.2. The smallest absolute Gasteiger partial charge is 0.228 e. The van der Waals surface area contributed by atoms with Crippen molar-refractivity contribution in [3.63, 3.8) is 0 Å². The van der Waals surface area contributed by atoms with Gasteiger partial charge in [-0.3, -0.25) is 9.48 Å². The summed E-state index contributed by atoms with van der Waals surface area (Å²) in [6, 6.07) is 6.10. The molecule has 1 fully saturated rings. The Bertz CT molecular complexity index is 890. The number of aryl methyl sites for hydroxylation is 1. The average molecular weight is 338 g/mol. The van der Waals surface area contributed by atoms with Crippen LogP contribution >= 0.6 is 0 Å². The van der Waals surface area contributed by atoms with Gasteiger partial charge in [-0.15, -0.1) is 0 Å². The SMILES string of the molecule is Cc1cccc2[nH]cc(CC(=O)Nc3cnn(CC4CCCO4)c3)c12. The summed E-state index contributed by atoms with van der Waals surface area (Å²) < 4.78 is 7.45. The third kappa shape index (κ3) is 3.44. The van der Waals surface area contributed by atoms with Gasteiger partial charge in [0.15, 0.2) is 0 Å². The third-order valence-electron chi connectivity index (χ3n) is 4.68. The van der Waals surface area contributed by atoms with Crippen LogP contribution in [0, 0.1) is 6.92 Å². The van der Waals surface area contributed by atoms with Gasteiger partial charge in [0.2, 0.25) is 5.91 Å². The van der Waals surface area contributed by atoms with Gasteiger partial charge in [-0.1, -0.05) is 12.1 Å². The Morgan fingerprint density at radius 2 is 2.40 bits per heavy atom. The van der Waals surface area contributed by atoms with E-state index in [4.69, 9.17) is 4.74 Å². The van der Waals surface area contributed by atoms with Crippen LogP contribution in [0.2, 0.25) is 0 Å². The Kier molecular flexibility index (Phi) is 4.28. The standard InChI is InChI=1S/C19H22N4O2/c1-13-4-2-6-17-19(13)14(9-20-17)8-18(24)22-15-10-21-23(11-15)12-16-5-3-7-25-16/h2,4,6,9-11,16,20H,3,5,7-8,12H2,1H3,(H,22,24). The Labute approximate surface area is 146 Å². The summed E-state index contributed by atoms with van der Waals surface area (Å²) in [5.74, 6) is -0.0409. The highest BCUT2D eigenvalue weighted by Gasteiger charge is 2.17. The first kappa shape index (κ1) is 15.9. The van der Waals surface area contributed by atoms with Crippen molar-refractivity contribution in [1.82, 2.24) is 14.8 Å². The second-order valence-electron chi connectivity index (χ2n) is 6.62. The first-order chi connectivity index (χ1) is 12.2. The molecule has 0 spiro atoms. The van der Waals surface area contributed by atoms with Crippen molar-refractivity contribution in [2.45, 2.75) is 38.8 Å². The van der Waals surface area contributed by atoms with Gasteiger partial charge in [-0.25, -0.2) is 0 Å². The molecule has 4 rings (SSSR count). The monoisotopic (exact) mass is 338 g/mol. The van der Waals surface area contributed by atoms with E-state index in [0.29, 0.717) is 6.42 Å². The number of carbonyl (C=O) groups excluding carboxylic acids is 1. The number of fused-ring (bicyclic) bond motifs is 1. The van der Waals surface area contributed by atoms with E-state index in [1.165, 1.54) is 5.56 Å². The molecule has 1 atom stereocenters. The zero-order valence-electron chi connectivity index (χ0n) is 14.3. The van der Waals surface area contributed by atoms with Gasteiger partial charge in [0.25, 0.3) is 0 Å². The van der Waals surface area contributed by atoms with Gasteiger partial charge in [0.1, 0.15) is 0 Å². The Morgan fingerprint density at radius 3 is 3.24 bits per heavy atom. The molecule has 1 aliphatic heterocycles. The summed E-state index contributed by atoms with van der Waals surface area (Å²) in [6.45, 7) is 3.63. The highest BCUT2D eigenvalue weighted by Crippen LogP contribution is 2.23. The summed E-state index contributed by atoms with van der Waals surface area (Å²) in [7, 11) is 0. The molecule has 6 nitrogen and oxygen atoms in total. The number of aromatic amines is 1. The number of nitrogens with zero attached hydrogens (tertiary/aromatic N) is 2. The molecule has 0 saturated carbocycles. The number of hydrogen-bond donors (Lipinski definition) is 2. The van der Waals surface area contributed by atoms with Crippen LogP contribution in [0.5, 0.6) is 0 Å². The number of hydrogen-bond acceptors (Lipinski definition) is 3. The van der Waals surface area contributed by atoms with Crippen molar-refractivity contribution in [2.75, 3.05) is 11.9 Å². The quantitative estimate of drug-likeness (QED) is 0.751. The summed E-state index contributed by atoms with van der Waals surface area (Å²) in [5, 5.41) is 8.37. The molecule has 1 aliphatic rings. The topological polar surface area (TPSA) is 71.9 Å². The first-order valence-corrected chi connectivity index (χ1v) is 8.68. The van der Waals surface area contributed by atoms with Crippen LogP contribution in [-0.4, -0.2) is 33.4 Å². The fourth-order valence-corrected chi connectivity index (χ4v) is 3.49. The van der Waals surface area contributed by atoms with Crippen LogP contribution < -0.4 is 5.32 Å². The molecule has 0 aliphatic carbocycles. The maximum Gasteiger partial charge on any atom is 0.228 e. The van der Waals surface area contributed by atoms with Crippen LogP contribution in [0.1, 0.15) is 24.0 Å². The van der Waals surface area contributed by atoms with E-state index in [9.17, 15) is 4.79 Å². The maximum atomic E-state index is 12.4. The lowest BCUT2D eigenvalue weighted by Gasteiger charge is -2.08. The lowest BCUT2D eigenvalue weighted by atomic mass is 10.1. The van der Waals surface area contributed by atoms with Gasteiger partial charge < -0.3 is 15.0 Å². The molecule has 0 radical (unpaired) electrons. The van der Waals surface area contributed by atoms with E-state index in [2.05, 4.69) is 28.4 Å². The fourth-order valence-electron chi connectivity index (χ4n) is 3.49. The van der Waals surface area contributed by atoms with Crippen LogP contribution in [0.3, 0.4) is 0 Å². The van der Waals surface area contributed by atoms with E-state index < -0.39 is 0 Å². The maximum absolute atomic E-state index is 12.4. The molecule has 25 heavy (non-hydrogen) atoms. The zero-order valence-corrected chi connectivity index (χ0v) is 14.3. The first-order valence-electron chi connectivity index (χ1n) is 8.68. The van der Waals surface area contributed by atoms with Gasteiger partial charge in [0, 0.05) is 29.9 Å². The van der Waals surface area contributed by atoms with Crippen LogP contribution in [-0.2, 0) is 22.5 Å². The lowest BCUT2D eigenvalue weighted by molar-refractivity contribution is -0.115. The van der Waals surface area contributed by atoms with Crippen molar-refractivity contribution in [1.29, 1.82) is 0 Å². The molecule has 130 valence electrons. The molecule has 1 saturated heterocycles. The van der Waals surface area contributed by atoms with Crippen molar-refractivity contribution < 1.29 is 9.53 Å². The van der Waals surface area contributed by atoms with Crippen molar-refractivity contribution in [3.8, 4) is 0 Å². The number of carbonyl (C=O) groups is 1. The minimum Gasteiger partial charge on any atom is -0.376 e. The predicted octanol–water partition coefficient (Wildman–Crippen LogP) is 3.03. The molecule has 1 unspecified atom stereocenters. The summed E-state index contributed by atoms with van der Waals surface area (Å²) in [5.41, 5.74) is 3.97. The molecule has 1 amide bonds. The lowest BCUT2D eigenvalue weighted by Crippen LogP contribution is -2.15. The number of nitrogens with one attached hydrogen (secondary N) is 2. The number of aromatic nitrogens is 3. The van der Waals surface area contributed by atoms with E-state index in [1.807, 2.05) is 29.2 Å². The second-order valence-corrected chi connectivity index (χ2v) is 6.62. The number of amides is 1. The van der Waals surface area contributed by atoms with E-state index in [1.54, 1.807) is 6.20 Å². The molecular formula is C19H22N4O2. The van der Waals surface area contributed by atoms with Gasteiger partial charge >= 0.3 is 0 Å². The minimum absolute atomic E-state index is 0.0409. The van der Waals surface area contributed by atoms with E-state index in [0.717, 1.165) is 48.1 Å². The zero-order chi connectivity index (χ0) is 17.2. The molecule has 6 heteroatoms. The fraction of sp³-hybridized carbons (Fsp3) is 0.368. The average Bonchev–Trinajstić information content (AvgIpc) is 3.31. The van der Waals surface area contributed by atoms with Gasteiger partial charge in [-0.2, -0.15) is 5.10 Å². The van der Waals surface area contributed by atoms with Crippen molar-refractivity contribution in [3.05, 3.63) is 47.9 Å². The summed E-state index contributed by atoms with van der Waals surface area (Å²) >= 11 is 0. The molecule has 2 aromatic heterocycles. The molecule has 0 bridgehead atoms. The molecule has 1 aromatic carbocycles. The van der Waals surface area contributed by atoms with Crippen molar-refractivity contribution >= 4 is 22.5 Å². The molecular weight excluding hydrogens is 316 g/mol. The summed E-state index contributed by atoms with van der Waals surface area (Å²) in [4.78, 5) is 15.6. The number of H-pyrrole nitrogens is 1. The highest BCUT2D eigenvalue weighted by atomic mass is 16.5. The van der Waals surface area contributed by atoms with E-state index >= 15 is 0 Å². The van der Waals surface area contributed by atoms with Gasteiger partial charge in [0.05, 0.1) is 31.0 Å². The highest BCUT2D eigenvalue weighted by molar-refractivity contribution is 5.96. The number of rotatable bonds is 5. The Morgan fingerprint density at radius 1 is 1.48 bits per heavy atom. The largest absolute Gasteiger partial charge is 0.376 e. The van der Waals surface area contributed by atoms with Crippen LogP contribution in [0.15, 0.2) is 36.8 Å². The molecule has 2 N–H and O–H groups in total. The molecule has 3 heterocycles. The molecule has 3 aromatic rings. The van der Waals surface area contributed by atoms with Crippen molar-refractivity contribution in [2.24, 2.45) is 0 Å². The summed E-state index contributed by atoms with van der Waals surface area (Å²) in [6.07, 6.45) is 8.21. The minimum atomic E-state index is -0.0409. The third-order valence-corrected chi connectivity index (χ3v) is 4.68. The van der Waals surface area contributed by atoms with Crippen LogP contribution in [0.4, 0.5) is 5.69 Å². The number of ether oxygens (including phenoxy) is 1. The van der Waals surface area contributed by atoms with Gasteiger partial charge in [-0.05, 0) is 37.0 Å². The second kappa shape index (κ2) is 6.72. The Balaban J connectivity index is 1.41. The number of benzene rings is 1.